The highest BCUT2D eigenvalue weighted by atomic mass is 16.6. The van der Waals surface area contributed by atoms with Crippen LogP contribution >= 0.6 is 0 Å². The first-order valence-electron chi connectivity index (χ1n) is 22.4. The van der Waals surface area contributed by atoms with Crippen LogP contribution in [0.1, 0.15) is 104 Å². The number of rotatable bonds is 17. The standard InChI is InChI=1S/C48H56N6O13/c1-9-64-39-17-26-28-15-24(11-13-34(28)49-44(30(26)19-37(39)58-3)32-21-41(60-5)51-53-46(32)62-7)66-43(56)23-36(55)48(57)67-25-12-14-35-29(16-25)27-18-40(65-10-2)38(59-4)20-31(27)45(50-35)33-22-42(61-6)52-54-47(33)63-8/h17-22,24-25,28-29,34-36,55H,9-16,23H2,1-8H3/t24-,25-,28-,29-,34-,35-,36?/m0/s1. The molecule has 19 heteroatoms. The molecule has 0 saturated heterocycles. The second kappa shape index (κ2) is 20.4. The third-order valence-electron chi connectivity index (χ3n) is 12.7. The Hall–Kier alpha value is -6.76. The Morgan fingerprint density at radius 3 is 1.45 bits per heavy atom. The minimum absolute atomic E-state index is 0.162. The summed E-state index contributed by atoms with van der Waals surface area (Å²) < 4.78 is 57.3. The topological polar surface area (TPSA) is 223 Å². The molecule has 2 aromatic carbocycles. The van der Waals surface area contributed by atoms with Crippen molar-refractivity contribution in [2.45, 2.75) is 101 Å². The average molecular weight is 925 g/mol. The second-order valence-corrected chi connectivity index (χ2v) is 16.5. The molecule has 2 aliphatic heterocycles. The molecule has 2 aromatic heterocycles. The number of aliphatic hydroxyl groups is 1. The van der Waals surface area contributed by atoms with E-state index in [0.29, 0.717) is 109 Å². The van der Waals surface area contributed by atoms with E-state index in [0.717, 1.165) is 22.3 Å². The summed E-state index contributed by atoms with van der Waals surface area (Å²) in [6, 6.07) is 10.8. The average Bonchev–Trinajstić information content (AvgIpc) is 3.35. The smallest absolute Gasteiger partial charge is 0.335 e. The van der Waals surface area contributed by atoms with Crippen molar-refractivity contribution in [1.29, 1.82) is 0 Å². The van der Waals surface area contributed by atoms with E-state index in [1.807, 2.05) is 38.1 Å². The number of methoxy groups -OCH3 is 6. The summed E-state index contributed by atoms with van der Waals surface area (Å²) >= 11 is 0. The van der Waals surface area contributed by atoms with E-state index in [1.165, 1.54) is 28.4 Å². The van der Waals surface area contributed by atoms with E-state index in [2.05, 4.69) is 20.4 Å². The van der Waals surface area contributed by atoms with Crippen molar-refractivity contribution in [2.75, 3.05) is 55.9 Å². The summed E-state index contributed by atoms with van der Waals surface area (Å²) in [6.07, 6.45) is -0.373. The minimum atomic E-state index is -1.73. The maximum atomic E-state index is 13.5. The predicted molar refractivity (Wildman–Crippen MR) is 241 cm³/mol. The van der Waals surface area contributed by atoms with Crippen molar-refractivity contribution in [3.63, 3.8) is 0 Å². The highest BCUT2D eigenvalue weighted by Gasteiger charge is 2.42. The van der Waals surface area contributed by atoms with Crippen molar-refractivity contribution in [3.05, 3.63) is 69.8 Å². The summed E-state index contributed by atoms with van der Waals surface area (Å²) in [5.41, 5.74) is 5.86. The summed E-state index contributed by atoms with van der Waals surface area (Å²) in [5.74, 6) is 1.39. The zero-order valence-corrected chi connectivity index (χ0v) is 38.9. The van der Waals surface area contributed by atoms with Gasteiger partial charge in [0.05, 0.1) is 96.9 Å². The van der Waals surface area contributed by atoms with Crippen LogP contribution in [0, 0.1) is 0 Å². The number of aliphatic imine (C=N–C) groups is 2. The quantitative estimate of drug-likeness (QED) is 0.132. The summed E-state index contributed by atoms with van der Waals surface area (Å²) in [5, 5.41) is 27.6. The lowest BCUT2D eigenvalue weighted by Crippen LogP contribution is -2.39. The molecule has 2 saturated carbocycles. The maximum Gasteiger partial charge on any atom is 0.335 e. The normalized spacial score (nSPS) is 21.9. The Morgan fingerprint density at radius 1 is 0.567 bits per heavy atom. The molecular weight excluding hydrogens is 869 g/mol. The van der Waals surface area contributed by atoms with E-state index in [-0.39, 0.29) is 35.7 Å². The number of nitrogens with zero attached hydrogens (tertiary/aromatic N) is 6. The molecule has 4 aromatic rings. The SMILES string of the molecule is CCOc1cc2c(cc1OC)C(c1cc(OC)nnc1OC)=N[C@H]1CC[C@H](OC(=O)CC(O)C(=O)O[C@H]3CC[C@@H]4N=C(c5cc(OC)nnc5OC)c5cc(OC)c(OCC)cc5[C@@H]4C3)C[C@@H]21. The monoisotopic (exact) mass is 924 g/mol. The van der Waals surface area contributed by atoms with Crippen LogP contribution in [0.2, 0.25) is 0 Å². The van der Waals surface area contributed by atoms with Gasteiger partial charge in [-0.25, -0.2) is 4.79 Å². The largest absolute Gasteiger partial charge is 0.493 e. The van der Waals surface area contributed by atoms with Gasteiger partial charge in [0.15, 0.2) is 29.1 Å². The minimum Gasteiger partial charge on any atom is -0.493 e. The molecule has 0 amide bonds. The van der Waals surface area contributed by atoms with Crippen LogP contribution < -0.4 is 37.9 Å². The Bertz CT molecular complexity index is 2550. The molecule has 4 heterocycles. The molecule has 8 rings (SSSR count). The molecule has 0 bridgehead atoms. The van der Waals surface area contributed by atoms with Crippen molar-refractivity contribution in [1.82, 2.24) is 20.4 Å². The van der Waals surface area contributed by atoms with Crippen molar-refractivity contribution in [2.24, 2.45) is 9.98 Å². The third-order valence-corrected chi connectivity index (χ3v) is 12.7. The zero-order chi connectivity index (χ0) is 47.4. The molecule has 1 unspecified atom stereocenters. The molecule has 19 nitrogen and oxygen atoms in total. The predicted octanol–water partition coefficient (Wildman–Crippen LogP) is 5.36. The van der Waals surface area contributed by atoms with Crippen LogP contribution in [-0.4, -0.2) is 135 Å². The number of carbonyl (C=O) groups is 2. The van der Waals surface area contributed by atoms with Gasteiger partial charge < -0.3 is 52.5 Å². The Labute approximate surface area is 388 Å². The van der Waals surface area contributed by atoms with Gasteiger partial charge in [0.25, 0.3) is 0 Å². The Kier molecular flexibility index (Phi) is 14.2. The van der Waals surface area contributed by atoms with Gasteiger partial charge in [-0.15, -0.1) is 20.4 Å². The fraction of sp³-hybridized carbons (Fsp3) is 0.500. The van der Waals surface area contributed by atoms with Crippen LogP contribution in [-0.2, 0) is 19.1 Å². The maximum absolute atomic E-state index is 13.5. The number of hydrogen-bond donors (Lipinski definition) is 1. The highest BCUT2D eigenvalue weighted by molar-refractivity contribution is 6.17. The van der Waals surface area contributed by atoms with Crippen molar-refractivity contribution >= 4 is 23.4 Å². The lowest BCUT2D eigenvalue weighted by molar-refractivity contribution is -0.167. The molecule has 0 radical (unpaired) electrons. The first-order chi connectivity index (χ1) is 32.5. The first kappa shape index (κ1) is 46.8. The molecule has 1 N–H and O–H groups in total. The molecular formula is C48H56N6O13. The van der Waals surface area contributed by atoms with Gasteiger partial charge in [0, 0.05) is 35.1 Å². The number of carbonyl (C=O) groups excluding carboxylic acids is 2. The second-order valence-electron chi connectivity index (χ2n) is 16.5. The summed E-state index contributed by atoms with van der Waals surface area (Å²) in [4.78, 5) is 37.4. The number of esters is 2. The van der Waals surface area contributed by atoms with Gasteiger partial charge in [-0.2, -0.15) is 0 Å². The van der Waals surface area contributed by atoms with E-state index in [9.17, 15) is 14.7 Å². The summed E-state index contributed by atoms with van der Waals surface area (Å²) in [7, 11) is 9.20. The lowest BCUT2D eigenvalue weighted by atomic mass is 9.74. The van der Waals surface area contributed by atoms with Gasteiger partial charge in [-0.3, -0.25) is 14.8 Å². The number of fused-ring (bicyclic) bond motifs is 6. The van der Waals surface area contributed by atoms with Crippen LogP contribution in [0.4, 0.5) is 0 Å². The van der Waals surface area contributed by atoms with E-state index < -0.39 is 36.7 Å². The fourth-order valence-corrected chi connectivity index (χ4v) is 9.64. The van der Waals surface area contributed by atoms with Gasteiger partial charge in [-0.1, -0.05) is 0 Å². The molecule has 2 fully saturated rings. The zero-order valence-electron chi connectivity index (χ0n) is 38.9. The Morgan fingerprint density at radius 2 is 1.03 bits per heavy atom. The van der Waals surface area contributed by atoms with E-state index >= 15 is 0 Å². The first-order valence-corrected chi connectivity index (χ1v) is 22.4. The van der Waals surface area contributed by atoms with Gasteiger partial charge in [-0.05, 0) is 87.8 Å². The molecule has 0 spiro atoms. The number of hydrogen-bond acceptors (Lipinski definition) is 19. The molecule has 4 aliphatic rings. The van der Waals surface area contributed by atoms with E-state index in [4.69, 9.17) is 57.4 Å². The van der Waals surface area contributed by atoms with Crippen LogP contribution in [0.25, 0.3) is 0 Å². The van der Waals surface area contributed by atoms with Gasteiger partial charge in [0.2, 0.25) is 23.5 Å². The van der Waals surface area contributed by atoms with Gasteiger partial charge >= 0.3 is 11.9 Å². The molecule has 67 heavy (non-hydrogen) atoms. The van der Waals surface area contributed by atoms with E-state index in [1.54, 1.807) is 26.4 Å². The van der Waals surface area contributed by atoms with Crippen molar-refractivity contribution in [3.8, 4) is 46.5 Å². The summed E-state index contributed by atoms with van der Waals surface area (Å²) in [6.45, 7) is 4.63. The van der Waals surface area contributed by atoms with Gasteiger partial charge in [0.1, 0.15) is 12.2 Å². The van der Waals surface area contributed by atoms with Crippen LogP contribution in [0.15, 0.2) is 46.4 Å². The number of ether oxygens (including phenoxy) is 10. The Balaban J connectivity index is 0.957. The van der Waals surface area contributed by atoms with Crippen LogP contribution in [0.5, 0.6) is 46.5 Å². The number of aliphatic hydroxyl groups excluding tert-OH is 1. The molecule has 7 atom stereocenters. The highest BCUT2D eigenvalue weighted by Crippen LogP contribution is 2.48. The lowest BCUT2D eigenvalue weighted by Gasteiger charge is -2.39. The fourth-order valence-electron chi connectivity index (χ4n) is 9.64. The third kappa shape index (κ3) is 9.46. The number of benzene rings is 2. The van der Waals surface area contributed by atoms with Crippen molar-refractivity contribution < 1.29 is 62.1 Å². The molecule has 356 valence electrons. The number of aromatic nitrogens is 4. The molecule has 2 aliphatic carbocycles. The van der Waals surface area contributed by atoms with Crippen LogP contribution in [0.3, 0.4) is 0 Å².